The maximum Gasteiger partial charge on any atom is 0.410 e. The number of amides is 1. The summed E-state index contributed by atoms with van der Waals surface area (Å²) in [6.07, 6.45) is 0.168. The summed E-state index contributed by atoms with van der Waals surface area (Å²) in [5.74, 6) is -0.787. The lowest BCUT2D eigenvalue weighted by Crippen LogP contribution is -2.59. The summed E-state index contributed by atoms with van der Waals surface area (Å²) in [5, 5.41) is 0. The van der Waals surface area contributed by atoms with E-state index in [1.807, 2.05) is 20.8 Å². The highest BCUT2D eigenvalue weighted by Crippen LogP contribution is 2.32. The summed E-state index contributed by atoms with van der Waals surface area (Å²) in [7, 11) is 1.46. The number of imidazole rings is 1. The van der Waals surface area contributed by atoms with Crippen LogP contribution in [0.25, 0.3) is 11.2 Å². The van der Waals surface area contributed by atoms with Gasteiger partial charge >= 0.3 is 6.09 Å². The van der Waals surface area contributed by atoms with Crippen molar-refractivity contribution in [1.29, 1.82) is 0 Å². The molecule has 1 amide bonds. The number of nitrogens with zero attached hydrogens (tertiary/aromatic N) is 5. The number of piperazine rings is 1. The number of carbonyl (C=O) groups is 2. The number of aryl methyl sites for hydroxylation is 2. The van der Waals surface area contributed by atoms with Crippen LogP contribution in [0.5, 0.6) is 0 Å². The molecule has 0 aliphatic carbocycles. The molecule has 1 aliphatic heterocycles. The second kappa shape index (κ2) is 7.97. The van der Waals surface area contributed by atoms with Crippen LogP contribution in [0.3, 0.4) is 0 Å². The normalized spacial score (nSPS) is 19.7. The predicted molar refractivity (Wildman–Crippen MR) is 115 cm³/mol. The van der Waals surface area contributed by atoms with Crippen molar-refractivity contribution in [3.8, 4) is 0 Å². The standard InChI is InChI=1S/C21H30FN5O4/c1-8-25-14(11-28)23-16-17(15(22)19(29)24(7)18(16)25)26-9-13(3)27(10-12(26)2)20(30)31-21(4,5)6/h11-13H,8-10H2,1-7H3/t12-,13+/m0/s1. The van der Waals surface area contributed by atoms with E-state index < -0.39 is 23.1 Å². The lowest BCUT2D eigenvalue weighted by molar-refractivity contribution is 0.0130. The molecule has 1 fully saturated rings. The van der Waals surface area contributed by atoms with Crippen LogP contribution < -0.4 is 10.5 Å². The van der Waals surface area contributed by atoms with Gasteiger partial charge in [-0.2, -0.15) is 4.39 Å². The fraction of sp³-hybridized carbons (Fsp3) is 0.619. The number of halogens is 1. The maximum absolute atomic E-state index is 15.3. The maximum atomic E-state index is 15.3. The number of fused-ring (bicyclic) bond motifs is 1. The molecular weight excluding hydrogens is 405 g/mol. The highest BCUT2D eigenvalue weighted by molar-refractivity contribution is 5.91. The number of anilines is 1. The van der Waals surface area contributed by atoms with Crippen molar-refractivity contribution in [2.45, 2.75) is 65.8 Å². The number of hydrogen-bond donors (Lipinski definition) is 0. The molecule has 170 valence electrons. The number of rotatable bonds is 3. The number of aromatic nitrogens is 3. The van der Waals surface area contributed by atoms with E-state index in [-0.39, 0.29) is 35.7 Å². The molecular formula is C21H30FN5O4. The van der Waals surface area contributed by atoms with Crippen LogP contribution in [0.1, 0.15) is 52.2 Å². The van der Waals surface area contributed by atoms with Crippen molar-refractivity contribution in [1.82, 2.24) is 19.0 Å². The summed E-state index contributed by atoms with van der Waals surface area (Å²) in [4.78, 5) is 44.6. The molecule has 0 unspecified atom stereocenters. The van der Waals surface area contributed by atoms with Gasteiger partial charge in [0.25, 0.3) is 5.56 Å². The summed E-state index contributed by atoms with van der Waals surface area (Å²) in [5.41, 5.74) is -0.700. The zero-order chi connectivity index (χ0) is 23.2. The van der Waals surface area contributed by atoms with Crippen molar-refractivity contribution in [2.24, 2.45) is 7.05 Å². The number of aldehydes is 1. The molecule has 10 heteroatoms. The van der Waals surface area contributed by atoms with E-state index in [1.54, 1.807) is 35.1 Å². The van der Waals surface area contributed by atoms with Crippen molar-refractivity contribution in [3.05, 3.63) is 22.0 Å². The van der Waals surface area contributed by atoms with Gasteiger partial charge in [-0.15, -0.1) is 0 Å². The van der Waals surface area contributed by atoms with Crippen LogP contribution in [-0.2, 0) is 18.3 Å². The van der Waals surface area contributed by atoms with Crippen LogP contribution in [-0.4, -0.2) is 62.2 Å². The van der Waals surface area contributed by atoms with Crippen LogP contribution in [0.2, 0.25) is 0 Å². The zero-order valence-corrected chi connectivity index (χ0v) is 19.1. The molecule has 0 bridgehead atoms. The Kier molecular flexibility index (Phi) is 5.86. The Morgan fingerprint density at radius 1 is 1.26 bits per heavy atom. The van der Waals surface area contributed by atoms with Gasteiger partial charge in [-0.25, -0.2) is 9.78 Å². The van der Waals surface area contributed by atoms with E-state index in [0.29, 0.717) is 25.0 Å². The molecule has 9 nitrogen and oxygen atoms in total. The van der Waals surface area contributed by atoms with Gasteiger partial charge in [0, 0.05) is 38.8 Å². The summed E-state index contributed by atoms with van der Waals surface area (Å²) >= 11 is 0. The first-order valence-corrected chi connectivity index (χ1v) is 10.4. The minimum atomic E-state index is -0.919. The smallest absolute Gasteiger partial charge is 0.410 e. The third-order valence-electron chi connectivity index (χ3n) is 5.54. The zero-order valence-electron chi connectivity index (χ0n) is 19.1. The van der Waals surface area contributed by atoms with Gasteiger partial charge < -0.3 is 19.1 Å². The SMILES string of the molecule is CCn1c(C=O)nc2c(N3C[C@@H](C)N(C(=O)OC(C)(C)C)C[C@@H]3C)c(F)c(=O)n(C)c21. The van der Waals surface area contributed by atoms with Crippen molar-refractivity contribution < 1.29 is 18.7 Å². The molecule has 0 saturated carbocycles. The van der Waals surface area contributed by atoms with E-state index in [0.717, 1.165) is 0 Å². The molecule has 0 N–H and O–H groups in total. The Morgan fingerprint density at radius 3 is 2.45 bits per heavy atom. The van der Waals surface area contributed by atoms with E-state index in [4.69, 9.17) is 4.74 Å². The Bertz CT molecular complexity index is 1080. The molecule has 2 aromatic heterocycles. The van der Waals surface area contributed by atoms with E-state index in [2.05, 4.69) is 4.98 Å². The second-order valence-electron chi connectivity index (χ2n) is 9.01. The molecule has 0 spiro atoms. The highest BCUT2D eigenvalue weighted by atomic mass is 19.1. The minimum absolute atomic E-state index is 0.0663. The molecule has 0 radical (unpaired) electrons. The van der Waals surface area contributed by atoms with Crippen LogP contribution in [0, 0.1) is 5.82 Å². The van der Waals surface area contributed by atoms with Crippen LogP contribution in [0.4, 0.5) is 14.9 Å². The largest absolute Gasteiger partial charge is 0.444 e. The van der Waals surface area contributed by atoms with Gasteiger partial charge in [0.1, 0.15) is 22.5 Å². The Hall–Kier alpha value is -2.91. The van der Waals surface area contributed by atoms with Crippen molar-refractivity contribution in [2.75, 3.05) is 18.0 Å². The molecule has 1 saturated heterocycles. The predicted octanol–water partition coefficient (Wildman–Crippen LogP) is 2.54. The number of carbonyl (C=O) groups excluding carboxylic acids is 2. The van der Waals surface area contributed by atoms with Gasteiger partial charge in [-0.1, -0.05) is 0 Å². The molecule has 0 aromatic carbocycles. The Balaban J connectivity index is 2.09. The highest BCUT2D eigenvalue weighted by Gasteiger charge is 2.37. The van der Waals surface area contributed by atoms with E-state index in [1.165, 1.54) is 11.6 Å². The third kappa shape index (κ3) is 3.90. The summed E-state index contributed by atoms with van der Waals surface area (Å²) in [6.45, 7) is 11.9. The fourth-order valence-electron chi connectivity index (χ4n) is 4.09. The quantitative estimate of drug-likeness (QED) is 0.689. The van der Waals surface area contributed by atoms with Gasteiger partial charge in [-0.05, 0) is 41.5 Å². The average Bonchev–Trinajstić information content (AvgIpc) is 3.05. The lowest BCUT2D eigenvalue weighted by atomic mass is 10.1. The summed E-state index contributed by atoms with van der Waals surface area (Å²) < 4.78 is 23.6. The molecule has 3 heterocycles. The first-order chi connectivity index (χ1) is 14.4. The van der Waals surface area contributed by atoms with Gasteiger partial charge in [-0.3, -0.25) is 14.2 Å². The molecule has 2 aromatic rings. The Labute approximate surface area is 180 Å². The number of hydrogen-bond acceptors (Lipinski definition) is 6. The first kappa shape index (κ1) is 22.8. The molecule has 2 atom stereocenters. The molecule has 31 heavy (non-hydrogen) atoms. The van der Waals surface area contributed by atoms with E-state index >= 15 is 4.39 Å². The lowest BCUT2D eigenvalue weighted by Gasteiger charge is -2.45. The van der Waals surface area contributed by atoms with Gasteiger partial charge in [0.2, 0.25) is 5.82 Å². The second-order valence-corrected chi connectivity index (χ2v) is 9.01. The summed E-state index contributed by atoms with van der Waals surface area (Å²) in [6, 6.07) is -0.594. The minimum Gasteiger partial charge on any atom is -0.444 e. The monoisotopic (exact) mass is 435 g/mol. The Morgan fingerprint density at radius 2 is 1.90 bits per heavy atom. The first-order valence-electron chi connectivity index (χ1n) is 10.4. The van der Waals surface area contributed by atoms with Crippen molar-refractivity contribution in [3.63, 3.8) is 0 Å². The number of pyridine rings is 1. The average molecular weight is 436 g/mol. The molecule has 1 aliphatic rings. The third-order valence-corrected chi connectivity index (χ3v) is 5.54. The van der Waals surface area contributed by atoms with Gasteiger partial charge in [0.15, 0.2) is 12.1 Å². The van der Waals surface area contributed by atoms with E-state index in [9.17, 15) is 14.4 Å². The van der Waals surface area contributed by atoms with Crippen LogP contribution >= 0.6 is 0 Å². The van der Waals surface area contributed by atoms with Crippen molar-refractivity contribution >= 4 is 29.2 Å². The van der Waals surface area contributed by atoms with Gasteiger partial charge in [0.05, 0.1) is 0 Å². The topological polar surface area (TPSA) is 89.7 Å². The molecule has 3 rings (SSSR count). The fourth-order valence-corrected chi connectivity index (χ4v) is 4.09. The number of ether oxygens (including phenoxy) is 1. The van der Waals surface area contributed by atoms with Crippen LogP contribution in [0.15, 0.2) is 4.79 Å².